The summed E-state index contributed by atoms with van der Waals surface area (Å²) in [6, 6.07) is 7.81. The fourth-order valence-corrected chi connectivity index (χ4v) is 4.09. The maximum Gasteiger partial charge on any atom is 0.225 e. The van der Waals surface area contributed by atoms with Crippen LogP contribution >= 0.6 is 11.6 Å². The highest BCUT2D eigenvalue weighted by Gasteiger charge is 2.29. The third kappa shape index (κ3) is 6.11. The maximum absolute atomic E-state index is 12.5. The first-order valence-corrected chi connectivity index (χ1v) is 10.7. The molecule has 6 nitrogen and oxygen atoms in total. The Labute approximate surface area is 173 Å². The molecule has 0 radical (unpaired) electrons. The molecule has 154 valence electrons. The fourth-order valence-electron chi connectivity index (χ4n) is 3.96. The summed E-state index contributed by atoms with van der Waals surface area (Å²) in [6.07, 6.45) is 4.61. The molecule has 0 aromatic heterocycles. The van der Waals surface area contributed by atoms with E-state index in [9.17, 15) is 4.79 Å². The van der Waals surface area contributed by atoms with Gasteiger partial charge in [-0.3, -0.25) is 14.7 Å². The smallest absolute Gasteiger partial charge is 0.225 e. The largest absolute Gasteiger partial charge is 0.355 e. The standard InChI is InChI=1S/C21H32ClN5O/c1-23-21(25-16-17-6-8-19(22)9-7-17)24-10-11-26-12-14-27(15-13-26)20(28)18-4-2-3-5-18/h6-9,18H,2-5,10-16H2,1H3,(H2,23,24,25). The van der Waals surface area contributed by atoms with Gasteiger partial charge in [-0.05, 0) is 30.5 Å². The zero-order valence-electron chi connectivity index (χ0n) is 16.8. The van der Waals surface area contributed by atoms with Crippen LogP contribution in [0.1, 0.15) is 31.2 Å². The van der Waals surface area contributed by atoms with E-state index in [-0.39, 0.29) is 0 Å². The number of aliphatic imine (C=N–C) groups is 1. The normalized spacial score (nSPS) is 19.1. The van der Waals surface area contributed by atoms with E-state index in [1.54, 1.807) is 7.05 Å². The van der Waals surface area contributed by atoms with E-state index < -0.39 is 0 Å². The number of hydrogen-bond donors (Lipinski definition) is 2. The fraction of sp³-hybridized carbons (Fsp3) is 0.619. The Kier molecular flexibility index (Phi) is 7.98. The summed E-state index contributed by atoms with van der Waals surface area (Å²) in [5.41, 5.74) is 1.16. The summed E-state index contributed by atoms with van der Waals surface area (Å²) in [4.78, 5) is 21.3. The lowest BCUT2D eigenvalue weighted by Crippen LogP contribution is -2.51. The van der Waals surface area contributed by atoms with Gasteiger partial charge in [0.2, 0.25) is 5.91 Å². The zero-order chi connectivity index (χ0) is 19.8. The number of nitrogens with zero attached hydrogens (tertiary/aromatic N) is 3. The topological polar surface area (TPSA) is 60.0 Å². The molecule has 1 aliphatic carbocycles. The minimum Gasteiger partial charge on any atom is -0.355 e. The molecule has 2 fully saturated rings. The van der Waals surface area contributed by atoms with E-state index in [4.69, 9.17) is 11.6 Å². The Bertz CT molecular complexity index is 649. The van der Waals surface area contributed by atoms with E-state index in [2.05, 4.69) is 25.4 Å². The molecule has 1 saturated heterocycles. The van der Waals surface area contributed by atoms with E-state index in [0.29, 0.717) is 18.4 Å². The van der Waals surface area contributed by atoms with Crippen molar-refractivity contribution in [2.75, 3.05) is 46.3 Å². The van der Waals surface area contributed by atoms with Crippen molar-refractivity contribution in [3.05, 3.63) is 34.9 Å². The maximum atomic E-state index is 12.5. The van der Waals surface area contributed by atoms with Crippen molar-refractivity contribution in [3.63, 3.8) is 0 Å². The summed E-state index contributed by atoms with van der Waals surface area (Å²) in [5.74, 6) is 1.48. The quantitative estimate of drug-likeness (QED) is 0.563. The molecule has 1 aliphatic heterocycles. The summed E-state index contributed by atoms with van der Waals surface area (Å²) >= 11 is 5.92. The molecule has 0 bridgehead atoms. The van der Waals surface area contributed by atoms with Crippen molar-refractivity contribution in [1.29, 1.82) is 0 Å². The molecule has 0 spiro atoms. The van der Waals surface area contributed by atoms with Gasteiger partial charge >= 0.3 is 0 Å². The predicted molar refractivity (Wildman–Crippen MR) is 115 cm³/mol. The second-order valence-corrected chi connectivity index (χ2v) is 8.06. The second-order valence-electron chi connectivity index (χ2n) is 7.63. The van der Waals surface area contributed by atoms with Gasteiger partial charge in [0.05, 0.1) is 0 Å². The van der Waals surface area contributed by atoms with Crippen molar-refractivity contribution in [2.24, 2.45) is 10.9 Å². The first-order chi connectivity index (χ1) is 13.7. The Hall–Kier alpha value is -1.79. The SMILES string of the molecule is CN=C(NCCN1CCN(C(=O)C2CCCC2)CC1)NCc1ccc(Cl)cc1. The number of hydrogen-bond acceptors (Lipinski definition) is 3. The van der Waals surface area contributed by atoms with Crippen molar-refractivity contribution >= 4 is 23.5 Å². The van der Waals surface area contributed by atoms with Crippen LogP contribution in [0.15, 0.2) is 29.3 Å². The average molecular weight is 406 g/mol. The molecule has 0 unspecified atom stereocenters. The van der Waals surface area contributed by atoms with E-state index in [1.165, 1.54) is 12.8 Å². The summed E-state index contributed by atoms with van der Waals surface area (Å²) in [5, 5.41) is 7.43. The number of halogens is 1. The number of guanidine groups is 1. The molecule has 0 atom stereocenters. The summed E-state index contributed by atoms with van der Waals surface area (Å²) in [6.45, 7) is 6.12. The molecule has 1 saturated carbocycles. The minimum absolute atomic E-state index is 0.295. The van der Waals surface area contributed by atoms with Gasteiger partial charge in [0, 0.05) is 63.8 Å². The molecular weight excluding hydrogens is 374 g/mol. The highest BCUT2D eigenvalue weighted by Crippen LogP contribution is 2.26. The van der Waals surface area contributed by atoms with Gasteiger partial charge < -0.3 is 15.5 Å². The molecule has 7 heteroatoms. The number of carbonyl (C=O) groups excluding carboxylic acids is 1. The average Bonchev–Trinajstić information content (AvgIpc) is 3.26. The molecule has 3 rings (SSSR count). The Morgan fingerprint density at radius 1 is 1.11 bits per heavy atom. The lowest BCUT2D eigenvalue weighted by molar-refractivity contribution is -0.137. The number of piperazine rings is 1. The van der Waals surface area contributed by atoms with Crippen LogP contribution in [-0.4, -0.2) is 68.0 Å². The zero-order valence-corrected chi connectivity index (χ0v) is 17.5. The van der Waals surface area contributed by atoms with Crippen LogP contribution in [0.2, 0.25) is 5.02 Å². The van der Waals surface area contributed by atoms with Gasteiger partial charge in [-0.1, -0.05) is 36.6 Å². The van der Waals surface area contributed by atoms with Crippen LogP contribution < -0.4 is 10.6 Å². The Balaban J connectivity index is 1.32. The van der Waals surface area contributed by atoms with Crippen molar-refractivity contribution in [1.82, 2.24) is 20.4 Å². The lowest BCUT2D eigenvalue weighted by Gasteiger charge is -2.36. The predicted octanol–water partition coefficient (Wildman–Crippen LogP) is 2.34. The molecule has 1 aromatic rings. The van der Waals surface area contributed by atoms with Crippen LogP contribution in [0.25, 0.3) is 0 Å². The molecule has 1 amide bonds. The molecule has 2 aliphatic rings. The summed E-state index contributed by atoms with van der Waals surface area (Å²) < 4.78 is 0. The van der Waals surface area contributed by atoms with Crippen molar-refractivity contribution in [2.45, 2.75) is 32.2 Å². The van der Waals surface area contributed by atoms with Gasteiger partial charge in [0.15, 0.2) is 5.96 Å². The highest BCUT2D eigenvalue weighted by atomic mass is 35.5. The highest BCUT2D eigenvalue weighted by molar-refractivity contribution is 6.30. The third-order valence-electron chi connectivity index (χ3n) is 5.71. The first kappa shape index (κ1) is 20.9. The molecular formula is C21H32ClN5O. The van der Waals surface area contributed by atoms with Gasteiger partial charge in [-0.2, -0.15) is 0 Å². The molecule has 2 N–H and O–H groups in total. The Morgan fingerprint density at radius 3 is 2.43 bits per heavy atom. The van der Waals surface area contributed by atoms with E-state index in [0.717, 1.165) is 68.7 Å². The third-order valence-corrected chi connectivity index (χ3v) is 5.96. The van der Waals surface area contributed by atoms with Crippen molar-refractivity contribution in [3.8, 4) is 0 Å². The molecule has 28 heavy (non-hydrogen) atoms. The number of amides is 1. The van der Waals surface area contributed by atoms with Gasteiger partial charge in [0.1, 0.15) is 0 Å². The van der Waals surface area contributed by atoms with Crippen LogP contribution in [0.3, 0.4) is 0 Å². The number of carbonyl (C=O) groups is 1. The van der Waals surface area contributed by atoms with E-state index in [1.807, 2.05) is 24.3 Å². The van der Waals surface area contributed by atoms with Gasteiger partial charge in [-0.15, -0.1) is 0 Å². The van der Waals surface area contributed by atoms with Gasteiger partial charge in [-0.25, -0.2) is 0 Å². The number of nitrogens with one attached hydrogen (secondary N) is 2. The van der Waals surface area contributed by atoms with Gasteiger partial charge in [0.25, 0.3) is 0 Å². The van der Waals surface area contributed by atoms with Crippen LogP contribution in [0.5, 0.6) is 0 Å². The van der Waals surface area contributed by atoms with Crippen molar-refractivity contribution < 1.29 is 4.79 Å². The second kappa shape index (κ2) is 10.7. The van der Waals surface area contributed by atoms with Crippen LogP contribution in [0, 0.1) is 5.92 Å². The Morgan fingerprint density at radius 2 is 1.79 bits per heavy atom. The summed E-state index contributed by atoms with van der Waals surface area (Å²) in [7, 11) is 1.78. The monoisotopic (exact) mass is 405 g/mol. The molecule has 1 heterocycles. The van der Waals surface area contributed by atoms with Crippen LogP contribution in [-0.2, 0) is 11.3 Å². The minimum atomic E-state index is 0.295. The number of rotatable bonds is 6. The number of benzene rings is 1. The lowest BCUT2D eigenvalue weighted by atomic mass is 10.1. The molecule has 1 aromatic carbocycles. The van der Waals surface area contributed by atoms with Crippen LogP contribution in [0.4, 0.5) is 0 Å². The van der Waals surface area contributed by atoms with E-state index >= 15 is 0 Å². The first-order valence-electron chi connectivity index (χ1n) is 10.4.